The predicted molar refractivity (Wildman–Crippen MR) is 103 cm³/mol. The minimum Gasteiger partial charge on any atom is -0.324 e. The first kappa shape index (κ1) is 18.5. The van der Waals surface area contributed by atoms with Gasteiger partial charge in [-0.3, -0.25) is 14.2 Å². The third kappa shape index (κ3) is 3.92. The van der Waals surface area contributed by atoms with Crippen LogP contribution in [-0.4, -0.2) is 25.5 Å². The minimum absolute atomic E-state index is 0.161. The van der Waals surface area contributed by atoms with Gasteiger partial charge in [0.25, 0.3) is 0 Å². The average Bonchev–Trinajstić information content (AvgIpc) is 3.12. The molecule has 0 saturated carbocycles. The third-order valence-electron chi connectivity index (χ3n) is 4.12. The van der Waals surface area contributed by atoms with E-state index < -0.39 is 6.04 Å². The molecule has 0 spiro atoms. The SMILES string of the molecule is Cc1nn(C(C)C(=O)Nc2cccc(Cn3cc(Cl)cn3)c2)c(C)c1Cl. The van der Waals surface area contributed by atoms with Gasteiger partial charge >= 0.3 is 0 Å². The maximum Gasteiger partial charge on any atom is 0.248 e. The lowest BCUT2D eigenvalue weighted by atomic mass is 10.2. The number of aryl methyl sites for hydroxylation is 1. The van der Waals surface area contributed by atoms with Gasteiger partial charge in [-0.1, -0.05) is 35.3 Å². The van der Waals surface area contributed by atoms with Gasteiger partial charge in [-0.25, -0.2) is 0 Å². The van der Waals surface area contributed by atoms with Crippen molar-refractivity contribution in [2.75, 3.05) is 5.32 Å². The number of amides is 1. The molecule has 0 aliphatic heterocycles. The van der Waals surface area contributed by atoms with Crippen LogP contribution in [0.3, 0.4) is 0 Å². The van der Waals surface area contributed by atoms with Crippen LogP contribution in [-0.2, 0) is 11.3 Å². The van der Waals surface area contributed by atoms with Crippen LogP contribution in [0.4, 0.5) is 5.69 Å². The molecule has 2 heterocycles. The molecule has 3 aromatic rings. The van der Waals surface area contributed by atoms with E-state index in [0.717, 1.165) is 11.3 Å². The third-order valence-corrected chi connectivity index (χ3v) is 4.87. The number of hydrogen-bond acceptors (Lipinski definition) is 3. The second-order valence-electron chi connectivity index (χ2n) is 6.15. The standard InChI is InChI=1S/C18H19Cl2N5O/c1-11-17(20)12(2)25(23-11)13(3)18(26)22-16-6-4-5-14(7-16)9-24-10-15(19)8-21-24/h4-8,10,13H,9H2,1-3H3,(H,22,26). The molecule has 1 amide bonds. The number of aromatic nitrogens is 4. The molecule has 1 atom stereocenters. The summed E-state index contributed by atoms with van der Waals surface area (Å²) in [5.41, 5.74) is 3.20. The lowest BCUT2D eigenvalue weighted by Crippen LogP contribution is -2.25. The highest BCUT2D eigenvalue weighted by atomic mass is 35.5. The largest absolute Gasteiger partial charge is 0.324 e. The van der Waals surface area contributed by atoms with Crippen molar-refractivity contribution in [1.82, 2.24) is 19.6 Å². The number of hydrogen-bond donors (Lipinski definition) is 1. The smallest absolute Gasteiger partial charge is 0.248 e. The van der Waals surface area contributed by atoms with E-state index in [9.17, 15) is 4.79 Å². The van der Waals surface area contributed by atoms with Gasteiger partial charge in [-0.15, -0.1) is 0 Å². The molecule has 1 unspecified atom stereocenters. The molecule has 1 N–H and O–H groups in total. The van der Waals surface area contributed by atoms with E-state index in [1.54, 1.807) is 28.7 Å². The van der Waals surface area contributed by atoms with E-state index in [-0.39, 0.29) is 5.91 Å². The summed E-state index contributed by atoms with van der Waals surface area (Å²) in [6.45, 7) is 6.03. The van der Waals surface area contributed by atoms with Crippen molar-refractivity contribution in [3.8, 4) is 0 Å². The Kier molecular flexibility index (Phi) is 5.34. The van der Waals surface area contributed by atoms with Crippen LogP contribution in [0.15, 0.2) is 36.7 Å². The summed E-state index contributed by atoms with van der Waals surface area (Å²) < 4.78 is 3.38. The van der Waals surface area contributed by atoms with E-state index in [1.165, 1.54) is 0 Å². The molecule has 8 heteroatoms. The van der Waals surface area contributed by atoms with Crippen LogP contribution in [0, 0.1) is 13.8 Å². The van der Waals surface area contributed by atoms with Gasteiger partial charge in [0.05, 0.1) is 34.2 Å². The summed E-state index contributed by atoms with van der Waals surface area (Å²) in [4.78, 5) is 12.6. The highest BCUT2D eigenvalue weighted by Crippen LogP contribution is 2.23. The Morgan fingerprint density at radius 2 is 2.08 bits per heavy atom. The first-order valence-corrected chi connectivity index (χ1v) is 8.89. The first-order valence-electron chi connectivity index (χ1n) is 8.14. The minimum atomic E-state index is -0.477. The van der Waals surface area contributed by atoms with E-state index in [0.29, 0.717) is 28.0 Å². The average molecular weight is 392 g/mol. The topological polar surface area (TPSA) is 64.7 Å². The van der Waals surface area contributed by atoms with Crippen molar-refractivity contribution in [2.24, 2.45) is 0 Å². The Morgan fingerprint density at radius 1 is 1.31 bits per heavy atom. The Balaban J connectivity index is 1.72. The fourth-order valence-corrected chi connectivity index (χ4v) is 3.02. The van der Waals surface area contributed by atoms with Gasteiger partial charge in [-0.2, -0.15) is 10.2 Å². The number of nitrogens with one attached hydrogen (secondary N) is 1. The second kappa shape index (κ2) is 7.51. The fourth-order valence-electron chi connectivity index (χ4n) is 2.74. The maximum absolute atomic E-state index is 12.6. The van der Waals surface area contributed by atoms with Crippen LogP contribution in [0.2, 0.25) is 10.0 Å². The first-order chi connectivity index (χ1) is 12.3. The molecule has 26 heavy (non-hydrogen) atoms. The highest BCUT2D eigenvalue weighted by molar-refractivity contribution is 6.31. The number of halogens is 2. The Hall–Kier alpha value is -2.31. The van der Waals surface area contributed by atoms with Crippen molar-refractivity contribution in [3.05, 3.63) is 63.7 Å². The van der Waals surface area contributed by atoms with Crippen molar-refractivity contribution < 1.29 is 4.79 Å². The summed E-state index contributed by atoms with van der Waals surface area (Å²) in [6, 6.07) is 7.14. The van der Waals surface area contributed by atoms with Gasteiger partial charge in [0.2, 0.25) is 5.91 Å². The Labute approximate surface area is 161 Å². The van der Waals surface area contributed by atoms with Crippen LogP contribution >= 0.6 is 23.2 Å². The van der Waals surface area contributed by atoms with E-state index in [4.69, 9.17) is 23.2 Å². The molecule has 0 radical (unpaired) electrons. The Bertz CT molecular complexity index is 947. The monoisotopic (exact) mass is 391 g/mol. The predicted octanol–water partition coefficient (Wildman–Crippen LogP) is 4.25. The van der Waals surface area contributed by atoms with Crippen LogP contribution in [0.5, 0.6) is 0 Å². The van der Waals surface area contributed by atoms with Gasteiger partial charge in [0.1, 0.15) is 6.04 Å². The number of benzene rings is 1. The Morgan fingerprint density at radius 3 is 2.69 bits per heavy atom. The van der Waals surface area contributed by atoms with Gasteiger partial charge in [0, 0.05) is 11.9 Å². The fraction of sp³-hybridized carbons (Fsp3) is 0.278. The van der Waals surface area contributed by atoms with Crippen LogP contribution in [0.25, 0.3) is 0 Å². The van der Waals surface area contributed by atoms with Crippen molar-refractivity contribution >= 4 is 34.8 Å². The molecule has 0 bridgehead atoms. The number of rotatable bonds is 5. The highest BCUT2D eigenvalue weighted by Gasteiger charge is 2.20. The molecule has 2 aromatic heterocycles. The molecule has 0 saturated heterocycles. The van der Waals surface area contributed by atoms with Crippen molar-refractivity contribution in [1.29, 1.82) is 0 Å². The zero-order valence-electron chi connectivity index (χ0n) is 14.7. The summed E-state index contributed by atoms with van der Waals surface area (Å²) >= 11 is 12.1. The van der Waals surface area contributed by atoms with E-state index in [2.05, 4.69) is 15.5 Å². The van der Waals surface area contributed by atoms with Gasteiger partial charge < -0.3 is 5.32 Å². The zero-order chi connectivity index (χ0) is 18.8. The zero-order valence-corrected chi connectivity index (χ0v) is 16.2. The molecular formula is C18H19Cl2N5O. The van der Waals surface area contributed by atoms with Crippen molar-refractivity contribution in [2.45, 2.75) is 33.4 Å². The maximum atomic E-state index is 12.6. The van der Waals surface area contributed by atoms with Crippen LogP contribution in [0.1, 0.15) is 29.9 Å². The molecule has 0 aliphatic carbocycles. The lowest BCUT2D eigenvalue weighted by molar-refractivity contribution is -0.119. The number of carbonyl (C=O) groups is 1. The summed E-state index contributed by atoms with van der Waals surface area (Å²) in [7, 11) is 0. The summed E-state index contributed by atoms with van der Waals surface area (Å²) in [6.07, 6.45) is 3.34. The van der Waals surface area contributed by atoms with Gasteiger partial charge in [0.15, 0.2) is 0 Å². The quantitative estimate of drug-likeness (QED) is 0.706. The van der Waals surface area contributed by atoms with Crippen LogP contribution < -0.4 is 5.32 Å². The molecule has 136 valence electrons. The molecule has 0 fully saturated rings. The number of carbonyl (C=O) groups excluding carboxylic acids is 1. The summed E-state index contributed by atoms with van der Waals surface area (Å²) in [5, 5.41) is 12.6. The molecule has 3 rings (SSSR count). The normalized spacial score (nSPS) is 12.2. The van der Waals surface area contributed by atoms with E-state index >= 15 is 0 Å². The molecular weight excluding hydrogens is 373 g/mol. The second-order valence-corrected chi connectivity index (χ2v) is 6.97. The molecule has 1 aromatic carbocycles. The molecule has 6 nitrogen and oxygen atoms in total. The lowest BCUT2D eigenvalue weighted by Gasteiger charge is -2.15. The van der Waals surface area contributed by atoms with E-state index in [1.807, 2.05) is 38.1 Å². The summed E-state index contributed by atoms with van der Waals surface area (Å²) in [5.74, 6) is -0.161. The van der Waals surface area contributed by atoms with Gasteiger partial charge in [-0.05, 0) is 38.5 Å². The van der Waals surface area contributed by atoms with Crippen molar-refractivity contribution in [3.63, 3.8) is 0 Å². The number of nitrogens with zero attached hydrogens (tertiary/aromatic N) is 4. The molecule has 0 aliphatic rings. The number of anilines is 1.